The van der Waals surface area contributed by atoms with Crippen LogP contribution >= 0.6 is 0 Å². The zero-order valence-electron chi connectivity index (χ0n) is 10.4. The van der Waals surface area contributed by atoms with Crippen LogP contribution in [-0.4, -0.2) is 18.6 Å². The topological polar surface area (TPSA) is 64.4 Å². The molecule has 0 heterocycles. The van der Waals surface area contributed by atoms with Crippen molar-refractivity contribution in [2.24, 2.45) is 5.73 Å². The predicted octanol–water partition coefficient (Wildman–Crippen LogP) is 2.15. The number of rotatable bonds is 6. The lowest BCUT2D eigenvalue weighted by molar-refractivity contribution is -0.117. The highest BCUT2D eigenvalue weighted by atomic mass is 16.5. The van der Waals surface area contributed by atoms with Crippen LogP contribution in [0.4, 0.5) is 5.69 Å². The maximum Gasteiger partial charge on any atom is 0.241 e. The molecule has 3 N–H and O–H groups in total. The summed E-state index contributed by atoms with van der Waals surface area (Å²) in [5, 5.41) is 2.78. The average molecular weight is 236 g/mol. The van der Waals surface area contributed by atoms with Gasteiger partial charge in [0.1, 0.15) is 5.75 Å². The van der Waals surface area contributed by atoms with Crippen LogP contribution in [0.5, 0.6) is 5.75 Å². The van der Waals surface area contributed by atoms with Gasteiger partial charge in [0.25, 0.3) is 0 Å². The number of carbonyl (C=O) groups is 1. The third-order valence-corrected chi connectivity index (χ3v) is 2.37. The summed E-state index contributed by atoms with van der Waals surface area (Å²) in [6.45, 7) is 4.57. The molecule has 1 aromatic carbocycles. The third-order valence-electron chi connectivity index (χ3n) is 2.37. The molecular weight excluding hydrogens is 216 g/mol. The van der Waals surface area contributed by atoms with Gasteiger partial charge in [0.15, 0.2) is 0 Å². The van der Waals surface area contributed by atoms with Crippen LogP contribution in [0.3, 0.4) is 0 Å². The molecule has 94 valence electrons. The first kappa shape index (κ1) is 13.5. The van der Waals surface area contributed by atoms with Crippen molar-refractivity contribution >= 4 is 11.6 Å². The number of hydrogen-bond acceptors (Lipinski definition) is 3. The smallest absolute Gasteiger partial charge is 0.241 e. The molecule has 0 aliphatic heterocycles. The summed E-state index contributed by atoms with van der Waals surface area (Å²) in [6.07, 6.45) is 1.60. The van der Waals surface area contributed by atoms with E-state index in [4.69, 9.17) is 10.5 Å². The number of nitrogens with one attached hydrogen (secondary N) is 1. The molecule has 0 unspecified atom stereocenters. The lowest BCUT2D eigenvalue weighted by Gasteiger charge is -2.11. The van der Waals surface area contributed by atoms with Crippen LogP contribution in [0.25, 0.3) is 0 Å². The molecule has 0 spiro atoms. The van der Waals surface area contributed by atoms with Crippen molar-refractivity contribution in [2.45, 2.75) is 32.7 Å². The molecule has 0 saturated heterocycles. The fraction of sp³-hybridized carbons (Fsp3) is 0.462. The van der Waals surface area contributed by atoms with Crippen LogP contribution < -0.4 is 15.8 Å². The molecule has 0 radical (unpaired) electrons. The molecular formula is C13H20N2O2. The summed E-state index contributed by atoms with van der Waals surface area (Å²) in [5.41, 5.74) is 6.46. The first-order valence-corrected chi connectivity index (χ1v) is 5.96. The lowest BCUT2D eigenvalue weighted by atomic mass is 10.1. The maximum absolute atomic E-state index is 11.6. The minimum absolute atomic E-state index is 0.143. The Labute approximate surface area is 102 Å². The van der Waals surface area contributed by atoms with Gasteiger partial charge in [-0.15, -0.1) is 0 Å². The largest absolute Gasteiger partial charge is 0.494 e. The summed E-state index contributed by atoms with van der Waals surface area (Å²) >= 11 is 0. The fourth-order valence-corrected chi connectivity index (χ4v) is 1.48. The summed E-state index contributed by atoms with van der Waals surface area (Å²) in [6, 6.07) is 6.82. The molecule has 0 saturated carbocycles. The van der Waals surface area contributed by atoms with E-state index in [0.29, 0.717) is 13.0 Å². The summed E-state index contributed by atoms with van der Waals surface area (Å²) in [7, 11) is 0. The Bertz CT molecular complexity index is 349. The first-order chi connectivity index (χ1) is 8.17. The Balaban J connectivity index is 2.53. The van der Waals surface area contributed by atoms with Crippen LogP contribution in [-0.2, 0) is 4.79 Å². The second-order valence-electron chi connectivity index (χ2n) is 3.84. The van der Waals surface area contributed by atoms with Gasteiger partial charge in [0.05, 0.1) is 12.6 Å². The van der Waals surface area contributed by atoms with E-state index in [1.54, 1.807) is 0 Å². The third kappa shape index (κ3) is 4.44. The second kappa shape index (κ2) is 6.91. The van der Waals surface area contributed by atoms with Crippen molar-refractivity contribution in [3.8, 4) is 5.75 Å². The quantitative estimate of drug-likeness (QED) is 0.795. The van der Waals surface area contributed by atoms with Crippen molar-refractivity contribution < 1.29 is 9.53 Å². The molecule has 0 fully saturated rings. The number of anilines is 1. The normalized spacial score (nSPS) is 11.9. The second-order valence-corrected chi connectivity index (χ2v) is 3.84. The standard InChI is InChI=1S/C13H20N2O2/c1-3-5-12(14)13(16)15-10-6-8-11(9-7-10)17-4-2/h6-9,12H,3-5,14H2,1-2H3,(H,15,16)/t12-/m1/s1. The summed E-state index contributed by atoms with van der Waals surface area (Å²) in [5.74, 6) is 0.652. The molecule has 1 aromatic rings. The minimum Gasteiger partial charge on any atom is -0.494 e. The van der Waals surface area contributed by atoms with Gasteiger partial charge in [-0.1, -0.05) is 13.3 Å². The van der Waals surface area contributed by atoms with Crippen molar-refractivity contribution in [1.82, 2.24) is 0 Å². The number of nitrogens with two attached hydrogens (primary N) is 1. The van der Waals surface area contributed by atoms with Crippen molar-refractivity contribution in [3.05, 3.63) is 24.3 Å². The van der Waals surface area contributed by atoms with Gasteiger partial charge in [-0.2, -0.15) is 0 Å². The molecule has 4 nitrogen and oxygen atoms in total. The van der Waals surface area contributed by atoms with Crippen LogP contribution in [0.1, 0.15) is 26.7 Å². The predicted molar refractivity (Wildman–Crippen MR) is 69.1 cm³/mol. The van der Waals surface area contributed by atoms with Gasteiger partial charge < -0.3 is 15.8 Å². The van der Waals surface area contributed by atoms with Crippen molar-refractivity contribution in [1.29, 1.82) is 0 Å². The highest BCUT2D eigenvalue weighted by molar-refractivity contribution is 5.94. The minimum atomic E-state index is -0.438. The number of carbonyl (C=O) groups excluding carboxylic acids is 1. The molecule has 1 amide bonds. The van der Waals surface area contributed by atoms with Gasteiger partial charge in [0.2, 0.25) is 5.91 Å². The van der Waals surface area contributed by atoms with E-state index < -0.39 is 6.04 Å². The van der Waals surface area contributed by atoms with E-state index >= 15 is 0 Å². The van der Waals surface area contributed by atoms with Crippen LogP contribution in [0, 0.1) is 0 Å². The Hall–Kier alpha value is -1.55. The Morgan fingerprint density at radius 1 is 1.35 bits per heavy atom. The molecule has 0 aliphatic carbocycles. The molecule has 0 aromatic heterocycles. The zero-order chi connectivity index (χ0) is 12.7. The van der Waals surface area contributed by atoms with Crippen LogP contribution in [0.2, 0.25) is 0 Å². The van der Waals surface area contributed by atoms with E-state index in [-0.39, 0.29) is 5.91 Å². The van der Waals surface area contributed by atoms with E-state index in [1.807, 2.05) is 38.1 Å². The zero-order valence-corrected chi connectivity index (χ0v) is 10.4. The van der Waals surface area contributed by atoms with Crippen molar-refractivity contribution in [2.75, 3.05) is 11.9 Å². The van der Waals surface area contributed by atoms with Gasteiger partial charge >= 0.3 is 0 Å². The molecule has 1 atom stereocenters. The number of hydrogen-bond donors (Lipinski definition) is 2. The SMILES string of the molecule is CCC[C@@H](N)C(=O)Nc1ccc(OCC)cc1. The molecule has 17 heavy (non-hydrogen) atoms. The number of benzene rings is 1. The Morgan fingerprint density at radius 2 is 2.00 bits per heavy atom. The lowest BCUT2D eigenvalue weighted by Crippen LogP contribution is -2.35. The highest BCUT2D eigenvalue weighted by Gasteiger charge is 2.11. The van der Waals surface area contributed by atoms with E-state index in [9.17, 15) is 4.79 Å². The van der Waals surface area contributed by atoms with Crippen molar-refractivity contribution in [3.63, 3.8) is 0 Å². The highest BCUT2D eigenvalue weighted by Crippen LogP contribution is 2.15. The molecule has 1 rings (SSSR count). The van der Waals surface area contributed by atoms with E-state index in [0.717, 1.165) is 17.9 Å². The number of ether oxygens (including phenoxy) is 1. The summed E-state index contributed by atoms with van der Waals surface area (Å²) < 4.78 is 5.31. The van der Waals surface area contributed by atoms with Crippen LogP contribution in [0.15, 0.2) is 24.3 Å². The van der Waals surface area contributed by atoms with Gasteiger partial charge in [-0.3, -0.25) is 4.79 Å². The molecule has 0 aliphatic rings. The molecule has 0 bridgehead atoms. The van der Waals surface area contributed by atoms with E-state index in [2.05, 4.69) is 5.32 Å². The first-order valence-electron chi connectivity index (χ1n) is 5.96. The van der Waals surface area contributed by atoms with Gasteiger partial charge in [0, 0.05) is 5.69 Å². The number of amides is 1. The average Bonchev–Trinajstić information content (AvgIpc) is 2.32. The maximum atomic E-state index is 11.6. The Morgan fingerprint density at radius 3 is 2.53 bits per heavy atom. The molecule has 4 heteroatoms. The monoisotopic (exact) mass is 236 g/mol. The van der Waals surface area contributed by atoms with E-state index in [1.165, 1.54) is 0 Å². The fourth-order valence-electron chi connectivity index (χ4n) is 1.48. The van der Waals surface area contributed by atoms with Gasteiger partial charge in [-0.05, 0) is 37.6 Å². The Kier molecular flexibility index (Phi) is 5.49. The van der Waals surface area contributed by atoms with Gasteiger partial charge in [-0.25, -0.2) is 0 Å². The summed E-state index contributed by atoms with van der Waals surface area (Å²) in [4.78, 5) is 11.6.